The van der Waals surface area contributed by atoms with Gasteiger partial charge in [-0.05, 0) is 37.6 Å². The highest BCUT2D eigenvalue weighted by Crippen LogP contribution is 2.25. The van der Waals surface area contributed by atoms with E-state index in [4.69, 9.17) is 9.84 Å². The van der Waals surface area contributed by atoms with Crippen molar-refractivity contribution in [3.63, 3.8) is 0 Å². The summed E-state index contributed by atoms with van der Waals surface area (Å²) in [5, 5.41) is 20.1. The zero-order valence-corrected chi connectivity index (χ0v) is 17.7. The summed E-state index contributed by atoms with van der Waals surface area (Å²) < 4.78 is 18.6. The van der Waals surface area contributed by atoms with E-state index in [1.807, 2.05) is 13.8 Å². The highest BCUT2D eigenvalue weighted by Gasteiger charge is 2.32. The normalized spacial score (nSPS) is 18.9. The van der Waals surface area contributed by atoms with E-state index in [0.717, 1.165) is 17.7 Å². The Bertz CT molecular complexity index is 1010. The van der Waals surface area contributed by atoms with Crippen LogP contribution in [0, 0.1) is 15.9 Å². The molecule has 0 saturated carbocycles. The van der Waals surface area contributed by atoms with Gasteiger partial charge >= 0.3 is 5.97 Å². The molecule has 0 unspecified atom stereocenters. The number of ether oxygens (including phenoxy) is 1. The van der Waals surface area contributed by atoms with Gasteiger partial charge in [0, 0.05) is 43.9 Å². The van der Waals surface area contributed by atoms with Gasteiger partial charge in [0.05, 0.1) is 4.92 Å². The molecule has 0 radical (unpaired) electrons. The van der Waals surface area contributed by atoms with Gasteiger partial charge in [0.1, 0.15) is 17.1 Å². The molecule has 1 N–H and O–H groups in total. The van der Waals surface area contributed by atoms with E-state index in [2.05, 4.69) is 4.90 Å². The summed E-state index contributed by atoms with van der Waals surface area (Å²) >= 11 is 0. The number of halogens is 1. The molecule has 1 saturated heterocycles. The smallest absolute Gasteiger partial charge is 0.342 e. The first-order valence-corrected chi connectivity index (χ1v) is 10.1. The summed E-state index contributed by atoms with van der Waals surface area (Å²) in [4.78, 5) is 38.1. The Balaban J connectivity index is 1.60. The van der Waals surface area contributed by atoms with Crippen LogP contribution in [-0.2, 0) is 11.3 Å². The van der Waals surface area contributed by atoms with Gasteiger partial charge < -0.3 is 14.7 Å². The number of amides is 1. The molecule has 0 spiro atoms. The van der Waals surface area contributed by atoms with Crippen LogP contribution in [0.4, 0.5) is 10.1 Å². The number of nitrogens with zero attached hydrogens (tertiary/aromatic N) is 3. The molecule has 2 atom stereocenters. The standard InChI is InChI=1S/C22H24FN3O6/c1-14-11-25(15(2)10-24(14)12-16-3-5-17(23)6-4-16)21(27)13-32-18-7-8-20(26(30)31)19(9-18)22(28)29/h3-9,14-15H,10-13H2,1-2H3,(H,28,29)/t14-,15+/m1/s1. The number of nitro groups is 1. The molecule has 170 valence electrons. The Hall–Kier alpha value is -3.53. The van der Waals surface area contributed by atoms with Crippen LogP contribution < -0.4 is 4.74 Å². The van der Waals surface area contributed by atoms with Crippen LogP contribution >= 0.6 is 0 Å². The number of nitro benzene ring substituents is 1. The van der Waals surface area contributed by atoms with Crippen molar-refractivity contribution in [3.8, 4) is 5.75 Å². The average molecular weight is 445 g/mol. The second-order valence-electron chi connectivity index (χ2n) is 7.83. The fourth-order valence-corrected chi connectivity index (χ4v) is 3.75. The molecular formula is C22H24FN3O6. The number of hydrogen-bond acceptors (Lipinski definition) is 6. The number of carboxylic acid groups (broad SMARTS) is 1. The Morgan fingerprint density at radius 3 is 2.47 bits per heavy atom. The van der Waals surface area contributed by atoms with Crippen LogP contribution in [0.5, 0.6) is 5.75 Å². The van der Waals surface area contributed by atoms with Crippen LogP contribution in [0.3, 0.4) is 0 Å². The quantitative estimate of drug-likeness (QED) is 0.515. The molecule has 2 aromatic carbocycles. The van der Waals surface area contributed by atoms with Crippen molar-refractivity contribution < 1.29 is 28.7 Å². The largest absolute Gasteiger partial charge is 0.484 e. The van der Waals surface area contributed by atoms with E-state index < -0.39 is 22.1 Å². The van der Waals surface area contributed by atoms with E-state index in [1.165, 1.54) is 18.2 Å². The second-order valence-corrected chi connectivity index (χ2v) is 7.83. The molecular weight excluding hydrogens is 421 g/mol. The van der Waals surface area contributed by atoms with E-state index in [9.17, 15) is 24.1 Å². The lowest BCUT2D eigenvalue weighted by Gasteiger charge is -2.44. The Kier molecular flexibility index (Phi) is 7.04. The third-order valence-corrected chi connectivity index (χ3v) is 5.49. The van der Waals surface area contributed by atoms with Gasteiger partial charge in [-0.1, -0.05) is 12.1 Å². The lowest BCUT2D eigenvalue weighted by molar-refractivity contribution is -0.385. The first-order valence-electron chi connectivity index (χ1n) is 10.1. The molecule has 32 heavy (non-hydrogen) atoms. The number of benzene rings is 2. The third kappa shape index (κ3) is 5.38. The number of piperazine rings is 1. The number of carbonyl (C=O) groups excluding carboxylic acids is 1. The first-order chi connectivity index (χ1) is 15.2. The van der Waals surface area contributed by atoms with Gasteiger partial charge in [0.15, 0.2) is 6.61 Å². The molecule has 3 rings (SSSR count). The van der Waals surface area contributed by atoms with Gasteiger partial charge in [-0.3, -0.25) is 19.8 Å². The number of rotatable bonds is 7. The maximum Gasteiger partial charge on any atom is 0.342 e. The maximum atomic E-state index is 13.1. The molecule has 0 bridgehead atoms. The van der Waals surface area contributed by atoms with Crippen molar-refractivity contribution in [2.45, 2.75) is 32.5 Å². The minimum absolute atomic E-state index is 0.0667. The number of carbonyl (C=O) groups is 2. The minimum Gasteiger partial charge on any atom is -0.484 e. The van der Waals surface area contributed by atoms with Gasteiger partial charge in [-0.2, -0.15) is 0 Å². The fourth-order valence-electron chi connectivity index (χ4n) is 3.75. The minimum atomic E-state index is -1.45. The van der Waals surface area contributed by atoms with E-state index in [1.54, 1.807) is 17.0 Å². The van der Waals surface area contributed by atoms with E-state index in [-0.39, 0.29) is 36.2 Å². The summed E-state index contributed by atoms with van der Waals surface area (Å²) in [5.41, 5.74) is -0.0618. The van der Waals surface area contributed by atoms with Crippen LogP contribution in [0.25, 0.3) is 0 Å². The topological polar surface area (TPSA) is 113 Å². The van der Waals surface area contributed by atoms with Crippen LogP contribution in [-0.4, -0.2) is 63.5 Å². The Morgan fingerprint density at radius 1 is 1.16 bits per heavy atom. The van der Waals surface area contributed by atoms with Crippen molar-refractivity contribution in [1.29, 1.82) is 0 Å². The molecule has 10 heteroatoms. The fraction of sp³-hybridized carbons (Fsp3) is 0.364. The summed E-state index contributed by atoms with van der Waals surface area (Å²) in [6.07, 6.45) is 0. The van der Waals surface area contributed by atoms with E-state index >= 15 is 0 Å². The zero-order chi connectivity index (χ0) is 23.4. The van der Waals surface area contributed by atoms with Crippen molar-refractivity contribution in [2.75, 3.05) is 19.7 Å². The van der Waals surface area contributed by atoms with Crippen LogP contribution in [0.15, 0.2) is 42.5 Å². The van der Waals surface area contributed by atoms with Crippen LogP contribution in [0.2, 0.25) is 0 Å². The van der Waals surface area contributed by atoms with E-state index in [0.29, 0.717) is 19.6 Å². The number of carboxylic acids is 1. The Labute approximate surface area is 184 Å². The number of hydrogen-bond donors (Lipinski definition) is 1. The van der Waals surface area contributed by atoms with Crippen molar-refractivity contribution in [3.05, 3.63) is 69.5 Å². The van der Waals surface area contributed by atoms with Gasteiger partial charge in [-0.25, -0.2) is 9.18 Å². The molecule has 1 fully saturated rings. The highest BCUT2D eigenvalue weighted by atomic mass is 19.1. The highest BCUT2D eigenvalue weighted by molar-refractivity contribution is 5.92. The molecule has 9 nitrogen and oxygen atoms in total. The monoisotopic (exact) mass is 445 g/mol. The summed E-state index contributed by atoms with van der Waals surface area (Å²) in [6, 6.07) is 9.67. The van der Waals surface area contributed by atoms with Crippen LogP contribution in [0.1, 0.15) is 29.8 Å². The lowest BCUT2D eigenvalue weighted by atomic mass is 10.1. The number of aromatic carboxylic acids is 1. The molecule has 1 heterocycles. The zero-order valence-electron chi connectivity index (χ0n) is 17.7. The van der Waals surface area contributed by atoms with Gasteiger partial charge in [0.2, 0.25) is 0 Å². The second kappa shape index (κ2) is 9.73. The predicted molar refractivity (Wildman–Crippen MR) is 113 cm³/mol. The molecule has 2 aromatic rings. The Morgan fingerprint density at radius 2 is 1.84 bits per heavy atom. The summed E-state index contributed by atoms with van der Waals surface area (Å²) in [6.45, 7) is 5.37. The molecule has 0 aromatic heterocycles. The first kappa shape index (κ1) is 23.1. The average Bonchev–Trinajstić information content (AvgIpc) is 2.75. The summed E-state index contributed by atoms with van der Waals surface area (Å²) in [7, 11) is 0. The predicted octanol–water partition coefficient (Wildman–Crippen LogP) is 2.93. The molecule has 1 aliphatic rings. The van der Waals surface area contributed by atoms with Gasteiger partial charge in [0.25, 0.3) is 11.6 Å². The molecule has 1 amide bonds. The van der Waals surface area contributed by atoms with Crippen molar-refractivity contribution in [2.24, 2.45) is 0 Å². The summed E-state index contributed by atoms with van der Waals surface area (Å²) in [5.74, 6) is -1.93. The molecule has 1 aliphatic heterocycles. The lowest BCUT2D eigenvalue weighted by Crippen LogP contribution is -2.58. The van der Waals surface area contributed by atoms with Crippen molar-refractivity contribution >= 4 is 17.6 Å². The maximum absolute atomic E-state index is 13.1. The third-order valence-electron chi connectivity index (χ3n) is 5.49. The van der Waals surface area contributed by atoms with Crippen molar-refractivity contribution in [1.82, 2.24) is 9.80 Å². The molecule has 0 aliphatic carbocycles. The SMILES string of the molecule is C[C@@H]1CN(C(=O)COc2ccc([N+](=O)[O-])c(C(=O)O)c2)[C@@H](C)CN1Cc1ccc(F)cc1. The van der Waals surface area contributed by atoms with Gasteiger partial charge in [-0.15, -0.1) is 0 Å².